The van der Waals surface area contributed by atoms with E-state index in [4.69, 9.17) is 9.84 Å². The Morgan fingerprint density at radius 1 is 1.47 bits per heavy atom. The molecule has 0 bridgehead atoms. The van der Waals surface area contributed by atoms with Gasteiger partial charge in [0.05, 0.1) is 25.3 Å². The lowest BCUT2D eigenvalue weighted by Gasteiger charge is -2.18. The van der Waals surface area contributed by atoms with Crippen molar-refractivity contribution in [2.75, 3.05) is 20.3 Å². The van der Waals surface area contributed by atoms with Gasteiger partial charge in [-0.15, -0.1) is 0 Å². The molecule has 0 aliphatic carbocycles. The second-order valence-corrected chi connectivity index (χ2v) is 3.61. The number of carboxylic acid groups (broad SMARTS) is 1. The first-order chi connectivity index (χ1) is 7.06. The van der Waals surface area contributed by atoms with Crippen LogP contribution in [0.4, 0.5) is 0 Å². The van der Waals surface area contributed by atoms with E-state index in [-0.39, 0.29) is 25.2 Å². The second kappa shape index (κ2) is 5.09. The molecule has 15 heavy (non-hydrogen) atoms. The first-order valence-corrected chi connectivity index (χ1v) is 4.84. The molecule has 0 aromatic rings. The maximum absolute atomic E-state index is 11.5. The minimum Gasteiger partial charge on any atom is -0.481 e. The molecule has 1 saturated heterocycles. The average Bonchev–Trinajstić information content (AvgIpc) is 2.64. The molecule has 6 nitrogen and oxygen atoms in total. The molecule has 3 atom stereocenters. The minimum atomic E-state index is -0.935. The van der Waals surface area contributed by atoms with E-state index in [0.717, 1.165) is 0 Å². The third kappa shape index (κ3) is 2.90. The van der Waals surface area contributed by atoms with Crippen LogP contribution in [0.5, 0.6) is 0 Å². The van der Waals surface area contributed by atoms with E-state index in [1.54, 1.807) is 14.0 Å². The van der Waals surface area contributed by atoms with Crippen molar-refractivity contribution < 1.29 is 19.4 Å². The number of aliphatic carboxylic acids is 1. The Morgan fingerprint density at radius 2 is 2.13 bits per heavy atom. The zero-order valence-corrected chi connectivity index (χ0v) is 8.82. The van der Waals surface area contributed by atoms with Crippen LogP contribution >= 0.6 is 0 Å². The predicted molar refractivity (Wildman–Crippen MR) is 52.4 cm³/mol. The van der Waals surface area contributed by atoms with Gasteiger partial charge in [-0.25, -0.2) is 0 Å². The number of carbonyl (C=O) groups is 2. The third-order valence-electron chi connectivity index (χ3n) is 2.55. The standard InChI is InChI=1S/C9H16N2O4/c1-5(10-2)8(12)11-7-4-15-3-6(7)9(13)14/h5-7,10H,3-4H2,1-2H3,(H,11,12)(H,13,14). The van der Waals surface area contributed by atoms with Crippen molar-refractivity contribution in [2.24, 2.45) is 5.92 Å². The zero-order chi connectivity index (χ0) is 11.4. The van der Waals surface area contributed by atoms with Crippen LogP contribution in [0, 0.1) is 5.92 Å². The van der Waals surface area contributed by atoms with Crippen molar-refractivity contribution in [3.63, 3.8) is 0 Å². The van der Waals surface area contributed by atoms with E-state index in [1.165, 1.54) is 0 Å². The van der Waals surface area contributed by atoms with E-state index in [0.29, 0.717) is 0 Å². The molecular formula is C9H16N2O4. The van der Waals surface area contributed by atoms with Crippen molar-refractivity contribution in [1.82, 2.24) is 10.6 Å². The highest BCUT2D eigenvalue weighted by Crippen LogP contribution is 2.13. The molecule has 0 spiro atoms. The summed E-state index contributed by atoms with van der Waals surface area (Å²) in [6.07, 6.45) is 0. The maximum Gasteiger partial charge on any atom is 0.311 e. The average molecular weight is 216 g/mol. The molecule has 0 aromatic carbocycles. The molecule has 0 aromatic heterocycles. The summed E-state index contributed by atoms with van der Waals surface area (Å²) in [7, 11) is 1.67. The van der Waals surface area contributed by atoms with Gasteiger partial charge < -0.3 is 20.5 Å². The highest BCUT2D eigenvalue weighted by Gasteiger charge is 2.35. The van der Waals surface area contributed by atoms with Crippen LogP contribution in [0.1, 0.15) is 6.92 Å². The number of ether oxygens (including phenoxy) is 1. The molecule has 3 N–H and O–H groups in total. The summed E-state index contributed by atoms with van der Waals surface area (Å²) in [5.41, 5.74) is 0. The molecule has 1 aliphatic heterocycles. The normalized spacial score (nSPS) is 27.3. The molecule has 1 aliphatic rings. The van der Waals surface area contributed by atoms with Gasteiger partial charge in [-0.3, -0.25) is 9.59 Å². The molecule has 1 rings (SSSR count). The fraction of sp³-hybridized carbons (Fsp3) is 0.778. The van der Waals surface area contributed by atoms with Crippen LogP contribution in [-0.4, -0.2) is 49.3 Å². The van der Waals surface area contributed by atoms with E-state index in [9.17, 15) is 9.59 Å². The van der Waals surface area contributed by atoms with Crippen LogP contribution in [0.3, 0.4) is 0 Å². The Hall–Kier alpha value is -1.14. The Kier molecular flexibility index (Phi) is 4.05. The monoisotopic (exact) mass is 216 g/mol. The van der Waals surface area contributed by atoms with Gasteiger partial charge in [-0.2, -0.15) is 0 Å². The number of amides is 1. The van der Waals surface area contributed by atoms with Crippen molar-refractivity contribution in [1.29, 1.82) is 0 Å². The summed E-state index contributed by atoms with van der Waals surface area (Å²) >= 11 is 0. The van der Waals surface area contributed by atoms with Crippen molar-refractivity contribution in [3.05, 3.63) is 0 Å². The predicted octanol–water partition coefficient (Wildman–Crippen LogP) is -1.19. The fourth-order valence-electron chi connectivity index (χ4n) is 1.38. The Morgan fingerprint density at radius 3 is 2.67 bits per heavy atom. The van der Waals surface area contributed by atoms with Gasteiger partial charge in [0.2, 0.25) is 5.91 Å². The molecule has 0 radical (unpaired) electrons. The van der Waals surface area contributed by atoms with Gasteiger partial charge >= 0.3 is 5.97 Å². The first kappa shape index (κ1) is 11.9. The second-order valence-electron chi connectivity index (χ2n) is 3.61. The number of nitrogens with one attached hydrogen (secondary N) is 2. The third-order valence-corrected chi connectivity index (χ3v) is 2.55. The van der Waals surface area contributed by atoms with Crippen molar-refractivity contribution in [2.45, 2.75) is 19.0 Å². The van der Waals surface area contributed by atoms with Crippen LogP contribution < -0.4 is 10.6 Å². The molecule has 6 heteroatoms. The van der Waals surface area contributed by atoms with Gasteiger partial charge in [0.25, 0.3) is 0 Å². The summed E-state index contributed by atoms with van der Waals surface area (Å²) in [6.45, 7) is 2.13. The van der Waals surface area contributed by atoms with Crippen LogP contribution in [0.2, 0.25) is 0 Å². The van der Waals surface area contributed by atoms with E-state index in [2.05, 4.69) is 10.6 Å². The quantitative estimate of drug-likeness (QED) is 0.550. The van der Waals surface area contributed by atoms with Gasteiger partial charge in [0.1, 0.15) is 5.92 Å². The fourth-order valence-corrected chi connectivity index (χ4v) is 1.38. The summed E-state index contributed by atoms with van der Waals surface area (Å²) in [5, 5.41) is 14.3. The maximum atomic E-state index is 11.5. The molecule has 0 saturated carbocycles. The topological polar surface area (TPSA) is 87.7 Å². The van der Waals surface area contributed by atoms with Gasteiger partial charge in [-0.1, -0.05) is 0 Å². The summed E-state index contributed by atoms with van der Waals surface area (Å²) in [5.74, 6) is -1.79. The SMILES string of the molecule is CNC(C)C(=O)NC1COCC1C(=O)O. The number of hydrogen-bond donors (Lipinski definition) is 3. The van der Waals surface area contributed by atoms with E-state index in [1.807, 2.05) is 0 Å². The molecule has 86 valence electrons. The lowest BCUT2D eigenvalue weighted by Crippen LogP contribution is -2.49. The molecular weight excluding hydrogens is 200 g/mol. The van der Waals surface area contributed by atoms with Gasteiger partial charge in [0.15, 0.2) is 0 Å². The zero-order valence-electron chi connectivity index (χ0n) is 8.82. The largest absolute Gasteiger partial charge is 0.481 e. The highest BCUT2D eigenvalue weighted by molar-refractivity contribution is 5.82. The highest BCUT2D eigenvalue weighted by atomic mass is 16.5. The molecule has 1 fully saturated rings. The number of rotatable bonds is 4. The number of carbonyl (C=O) groups excluding carboxylic acids is 1. The summed E-state index contributed by atoms with van der Waals surface area (Å²) in [4.78, 5) is 22.3. The molecule has 1 amide bonds. The Labute approximate surface area is 88.0 Å². The van der Waals surface area contributed by atoms with Crippen molar-refractivity contribution in [3.8, 4) is 0 Å². The number of likely N-dealkylation sites (N-methyl/N-ethyl adjacent to an activating group) is 1. The molecule has 3 unspecified atom stereocenters. The minimum absolute atomic E-state index is 0.161. The van der Waals surface area contributed by atoms with Gasteiger partial charge in [-0.05, 0) is 14.0 Å². The van der Waals surface area contributed by atoms with Crippen LogP contribution in [-0.2, 0) is 14.3 Å². The van der Waals surface area contributed by atoms with Crippen molar-refractivity contribution >= 4 is 11.9 Å². The summed E-state index contributed by atoms with van der Waals surface area (Å²) < 4.78 is 5.03. The number of hydrogen-bond acceptors (Lipinski definition) is 4. The van der Waals surface area contributed by atoms with E-state index >= 15 is 0 Å². The van der Waals surface area contributed by atoms with E-state index < -0.39 is 17.9 Å². The smallest absolute Gasteiger partial charge is 0.311 e. The lowest BCUT2D eigenvalue weighted by molar-refractivity contribution is -0.142. The first-order valence-electron chi connectivity index (χ1n) is 4.84. The van der Waals surface area contributed by atoms with Gasteiger partial charge in [0, 0.05) is 0 Å². The lowest BCUT2D eigenvalue weighted by atomic mass is 10.0. The summed E-state index contributed by atoms with van der Waals surface area (Å²) in [6, 6.07) is -0.758. The Balaban J connectivity index is 2.50. The molecule has 1 heterocycles. The number of carboxylic acids is 1. The van der Waals surface area contributed by atoms with Crippen LogP contribution in [0.15, 0.2) is 0 Å². The Bertz CT molecular complexity index is 256. The van der Waals surface area contributed by atoms with Crippen LogP contribution in [0.25, 0.3) is 0 Å².